The number of aliphatic hydroxyl groups excluding tert-OH is 1. The number of carboxylic acids is 1. The summed E-state index contributed by atoms with van der Waals surface area (Å²) in [7, 11) is 0. The number of carbonyl (C=O) groups excluding carboxylic acids is 4. The van der Waals surface area contributed by atoms with Crippen LogP contribution in [-0.2, 0) is 36.8 Å². The van der Waals surface area contributed by atoms with E-state index in [1.54, 1.807) is 60.7 Å². The quantitative estimate of drug-likeness (QED) is 0.0379. The van der Waals surface area contributed by atoms with Gasteiger partial charge in [-0.1, -0.05) is 67.1 Å². The number of hydrogen-bond donors (Lipinski definition) is 10. The maximum atomic E-state index is 13.6. The van der Waals surface area contributed by atoms with Crippen LogP contribution < -0.4 is 44.2 Å². The largest absolute Gasteiger partial charge is 0.480 e. The van der Waals surface area contributed by atoms with Crippen LogP contribution in [0.4, 0.5) is 0 Å². The minimum Gasteiger partial charge on any atom is -0.480 e. The second-order valence-electron chi connectivity index (χ2n) is 12.0. The number of hydrogen-bond acceptors (Lipinski definition) is 9. The van der Waals surface area contributed by atoms with Gasteiger partial charge in [-0.3, -0.25) is 24.2 Å². The highest BCUT2D eigenvalue weighted by molar-refractivity contribution is 5.96. The Balaban J connectivity index is 2.27. The first-order valence-corrected chi connectivity index (χ1v) is 16.5. The first-order chi connectivity index (χ1) is 23.8. The molecule has 0 aromatic heterocycles. The Kier molecular flexibility index (Phi) is 17.9. The van der Waals surface area contributed by atoms with Crippen molar-refractivity contribution in [3.05, 3.63) is 71.8 Å². The van der Waals surface area contributed by atoms with E-state index in [0.29, 0.717) is 36.9 Å². The second kappa shape index (κ2) is 21.8. The average molecular weight is 698 g/mol. The van der Waals surface area contributed by atoms with E-state index in [0.717, 1.165) is 0 Å². The molecule has 0 spiro atoms. The number of aliphatic hydroxyl groups is 1. The summed E-state index contributed by atoms with van der Waals surface area (Å²) in [6, 6.07) is 11.3. The summed E-state index contributed by atoms with van der Waals surface area (Å²) in [5.41, 5.74) is 23.6. The minimum atomic E-state index is -1.56. The van der Waals surface area contributed by atoms with Crippen LogP contribution in [0.1, 0.15) is 50.2 Å². The number of unbranched alkanes of at least 4 members (excludes halogenated alkanes) is 1. The number of aliphatic imine (C=N–C) groups is 1. The number of rotatable bonds is 22. The molecule has 0 saturated heterocycles. The molecule has 16 heteroatoms. The Labute approximate surface area is 291 Å². The van der Waals surface area contributed by atoms with E-state index < -0.39 is 65.9 Å². The first-order valence-electron chi connectivity index (χ1n) is 16.5. The number of benzene rings is 2. The number of nitrogens with one attached hydrogen (secondary N) is 4. The Morgan fingerprint density at radius 2 is 1.20 bits per heavy atom. The van der Waals surface area contributed by atoms with E-state index in [9.17, 15) is 34.2 Å². The molecule has 2 aromatic carbocycles. The van der Waals surface area contributed by atoms with Crippen molar-refractivity contribution in [2.45, 2.75) is 88.2 Å². The van der Waals surface area contributed by atoms with Gasteiger partial charge in [0.05, 0.1) is 12.1 Å². The fourth-order valence-electron chi connectivity index (χ4n) is 4.99. The highest BCUT2D eigenvalue weighted by Gasteiger charge is 2.34. The molecule has 2 aromatic rings. The molecule has 0 aliphatic rings. The molecule has 0 radical (unpaired) electrons. The number of nitrogens with two attached hydrogens (primary N) is 4. The molecule has 0 heterocycles. The zero-order chi connectivity index (χ0) is 37.1. The third-order valence-corrected chi connectivity index (χ3v) is 7.76. The van der Waals surface area contributed by atoms with Gasteiger partial charge in [0.1, 0.15) is 24.2 Å². The first kappa shape index (κ1) is 41.1. The van der Waals surface area contributed by atoms with E-state index in [4.69, 9.17) is 22.9 Å². The molecular weight excluding hydrogens is 646 g/mol. The predicted octanol–water partition coefficient (Wildman–Crippen LogP) is -1.61. The number of carbonyl (C=O) groups is 5. The van der Waals surface area contributed by atoms with Crippen molar-refractivity contribution in [2.75, 3.05) is 13.1 Å². The smallest absolute Gasteiger partial charge is 0.326 e. The fraction of sp³-hybridized carbons (Fsp3) is 0.471. The molecule has 50 heavy (non-hydrogen) atoms. The summed E-state index contributed by atoms with van der Waals surface area (Å²) in [6.45, 7) is 1.88. The van der Waals surface area contributed by atoms with Gasteiger partial charge in [-0.25, -0.2) is 4.79 Å². The number of guanidine groups is 1. The van der Waals surface area contributed by atoms with Crippen LogP contribution in [0.3, 0.4) is 0 Å². The van der Waals surface area contributed by atoms with E-state index in [2.05, 4.69) is 26.3 Å². The molecule has 0 fully saturated rings. The summed E-state index contributed by atoms with van der Waals surface area (Å²) in [5.74, 6) is -4.50. The van der Waals surface area contributed by atoms with Crippen molar-refractivity contribution in [2.24, 2.45) is 27.9 Å². The Morgan fingerprint density at radius 1 is 0.700 bits per heavy atom. The zero-order valence-electron chi connectivity index (χ0n) is 28.3. The number of amides is 4. The topological polar surface area (TPSA) is 290 Å². The highest BCUT2D eigenvalue weighted by Crippen LogP contribution is 2.09. The lowest BCUT2D eigenvalue weighted by atomic mass is 10.0. The van der Waals surface area contributed by atoms with Gasteiger partial charge >= 0.3 is 5.97 Å². The van der Waals surface area contributed by atoms with Gasteiger partial charge in [-0.2, -0.15) is 0 Å². The lowest BCUT2D eigenvalue weighted by Crippen LogP contribution is -2.61. The summed E-state index contributed by atoms with van der Waals surface area (Å²) >= 11 is 0. The van der Waals surface area contributed by atoms with Gasteiger partial charge in [-0.15, -0.1) is 0 Å². The highest BCUT2D eigenvalue weighted by atomic mass is 16.4. The number of aliphatic carboxylic acids is 1. The maximum Gasteiger partial charge on any atom is 0.326 e. The van der Waals surface area contributed by atoms with Gasteiger partial charge in [0.15, 0.2) is 5.96 Å². The summed E-state index contributed by atoms with van der Waals surface area (Å²) < 4.78 is 0. The van der Waals surface area contributed by atoms with Crippen LogP contribution in [0.2, 0.25) is 0 Å². The van der Waals surface area contributed by atoms with E-state index in [1.807, 2.05) is 0 Å². The average Bonchev–Trinajstić information content (AvgIpc) is 3.08. The van der Waals surface area contributed by atoms with Crippen LogP contribution in [-0.4, -0.2) is 95.2 Å². The van der Waals surface area contributed by atoms with Crippen LogP contribution in [0.25, 0.3) is 0 Å². The predicted molar refractivity (Wildman–Crippen MR) is 188 cm³/mol. The summed E-state index contributed by atoms with van der Waals surface area (Å²) in [6.07, 6.45) is 0.489. The van der Waals surface area contributed by atoms with Crippen molar-refractivity contribution in [1.82, 2.24) is 21.3 Å². The lowest BCUT2D eigenvalue weighted by molar-refractivity contribution is -0.142. The minimum absolute atomic E-state index is 0.00140. The van der Waals surface area contributed by atoms with Gasteiger partial charge in [0, 0.05) is 19.4 Å². The van der Waals surface area contributed by atoms with Crippen molar-refractivity contribution >= 4 is 35.6 Å². The standard InChI is InChI=1S/C34H51N9O7/c1-21(44)28(43-31(47)27(20-23-13-6-3-7-14-23)41-29(45)24(36)15-8-9-17-35)32(48)42-26(19-22-11-4-2-5-12-22)30(46)40-25(33(49)50)16-10-18-39-34(37)38/h2-7,11-14,21,24-28,44H,8-10,15-20,35-36H2,1H3,(H,40,46)(H,41,45)(H,42,48)(H,43,47)(H,49,50)(H4,37,38,39)/t21-,24+,25+,26+,27+,28+/m1/s1. The SMILES string of the molecule is C[C@@H](O)[C@H](NC(=O)[C@H](Cc1ccccc1)NC(=O)[C@@H](N)CCCCN)C(=O)N[C@@H](Cc1ccccc1)C(=O)N[C@@H](CCCN=C(N)N)C(=O)O. The van der Waals surface area contributed by atoms with E-state index in [1.165, 1.54) is 6.92 Å². The summed E-state index contributed by atoms with van der Waals surface area (Å²) in [5, 5.41) is 30.5. The molecule has 0 unspecified atom stereocenters. The third-order valence-electron chi connectivity index (χ3n) is 7.76. The van der Waals surface area contributed by atoms with E-state index in [-0.39, 0.29) is 38.2 Å². The van der Waals surface area contributed by atoms with Crippen molar-refractivity contribution in [3.63, 3.8) is 0 Å². The Morgan fingerprint density at radius 3 is 1.68 bits per heavy atom. The second-order valence-corrected chi connectivity index (χ2v) is 12.0. The monoisotopic (exact) mass is 697 g/mol. The van der Waals surface area contributed by atoms with Crippen molar-refractivity contribution in [3.8, 4) is 0 Å². The third kappa shape index (κ3) is 15.0. The van der Waals surface area contributed by atoms with Crippen LogP contribution in [0, 0.1) is 0 Å². The van der Waals surface area contributed by atoms with Crippen molar-refractivity contribution < 1.29 is 34.2 Å². The molecule has 274 valence electrons. The zero-order valence-corrected chi connectivity index (χ0v) is 28.3. The maximum absolute atomic E-state index is 13.6. The fourth-order valence-corrected chi connectivity index (χ4v) is 4.99. The number of carboxylic acid groups (broad SMARTS) is 1. The molecular formula is C34H51N9O7. The number of nitrogens with zero attached hydrogens (tertiary/aromatic N) is 1. The normalized spacial score (nSPS) is 14.5. The molecule has 0 aliphatic heterocycles. The Bertz CT molecular complexity index is 1410. The van der Waals surface area contributed by atoms with Gasteiger partial charge < -0.3 is 54.4 Å². The molecule has 6 atom stereocenters. The van der Waals surface area contributed by atoms with Crippen LogP contribution in [0.5, 0.6) is 0 Å². The molecule has 0 aliphatic carbocycles. The molecule has 16 nitrogen and oxygen atoms in total. The molecule has 14 N–H and O–H groups in total. The van der Waals surface area contributed by atoms with Crippen molar-refractivity contribution in [1.29, 1.82) is 0 Å². The lowest BCUT2D eigenvalue weighted by Gasteiger charge is -2.28. The Hall–Kier alpha value is -5.06. The van der Waals surface area contributed by atoms with E-state index >= 15 is 0 Å². The van der Waals surface area contributed by atoms with Gasteiger partial charge in [0.25, 0.3) is 0 Å². The summed E-state index contributed by atoms with van der Waals surface area (Å²) in [4.78, 5) is 69.5. The van der Waals surface area contributed by atoms with Crippen LogP contribution >= 0.6 is 0 Å². The molecule has 0 saturated carbocycles. The molecule has 0 bridgehead atoms. The molecule has 2 rings (SSSR count). The molecule has 4 amide bonds. The van der Waals surface area contributed by atoms with Gasteiger partial charge in [0.2, 0.25) is 23.6 Å². The van der Waals surface area contributed by atoms with Crippen LogP contribution in [0.15, 0.2) is 65.7 Å². The van der Waals surface area contributed by atoms with Gasteiger partial charge in [-0.05, 0) is 50.3 Å².